The van der Waals surface area contributed by atoms with Crippen molar-refractivity contribution >= 4 is 27.3 Å². The Morgan fingerprint density at radius 2 is 2.12 bits per heavy atom. The van der Waals surface area contributed by atoms with Crippen LogP contribution in [0.15, 0.2) is 15.9 Å². The maximum atomic E-state index is 9.15. The Kier molecular flexibility index (Phi) is 6.09. The molecule has 1 rings (SSSR count). The van der Waals surface area contributed by atoms with Crippen LogP contribution in [0.25, 0.3) is 0 Å². The van der Waals surface area contributed by atoms with Crippen LogP contribution in [0.5, 0.6) is 0 Å². The highest BCUT2D eigenvalue weighted by Crippen LogP contribution is 2.32. The van der Waals surface area contributed by atoms with Gasteiger partial charge in [-0.2, -0.15) is 0 Å². The summed E-state index contributed by atoms with van der Waals surface area (Å²) in [7, 11) is 0. The summed E-state index contributed by atoms with van der Waals surface area (Å²) in [5.74, 6) is 0. The van der Waals surface area contributed by atoms with E-state index in [1.54, 1.807) is 11.3 Å². The lowest BCUT2D eigenvalue weighted by atomic mass is 9.91. The molecule has 0 bridgehead atoms. The molecule has 1 heterocycles. The predicted octanol–water partition coefficient (Wildman–Crippen LogP) is 2.12. The fourth-order valence-electron chi connectivity index (χ4n) is 1.58. The fourth-order valence-corrected chi connectivity index (χ4v) is 3.06. The molecule has 0 saturated carbocycles. The molecule has 0 aromatic carbocycles. The van der Waals surface area contributed by atoms with Crippen molar-refractivity contribution < 1.29 is 10.2 Å². The third-order valence-corrected chi connectivity index (χ3v) is 4.76. The van der Waals surface area contributed by atoms with Crippen molar-refractivity contribution in [3.63, 3.8) is 0 Å². The Labute approximate surface area is 115 Å². The minimum Gasteiger partial charge on any atom is -0.396 e. The molecule has 0 amide bonds. The van der Waals surface area contributed by atoms with E-state index in [9.17, 15) is 0 Å². The zero-order chi connectivity index (χ0) is 12.9. The standard InChI is InChI=1S/C12H20BrNO2S/c1-12(2,10-3-4-11(13)17-10)8-14-9(7-16)5-6-15/h3-4,9,14-16H,5-8H2,1-2H3. The molecule has 0 radical (unpaired) electrons. The minimum absolute atomic E-state index is 0.0253. The highest BCUT2D eigenvalue weighted by Gasteiger charge is 2.23. The average Bonchev–Trinajstić information content (AvgIpc) is 2.72. The van der Waals surface area contributed by atoms with Gasteiger partial charge in [0.15, 0.2) is 0 Å². The van der Waals surface area contributed by atoms with Crippen molar-refractivity contribution in [2.24, 2.45) is 0 Å². The zero-order valence-electron chi connectivity index (χ0n) is 10.2. The Bertz CT molecular complexity index is 341. The van der Waals surface area contributed by atoms with Crippen LogP contribution in [-0.4, -0.2) is 36.0 Å². The molecule has 1 aromatic heterocycles. The van der Waals surface area contributed by atoms with Crippen molar-refractivity contribution in [1.29, 1.82) is 0 Å². The highest BCUT2D eigenvalue weighted by molar-refractivity contribution is 9.11. The molecule has 3 N–H and O–H groups in total. The second kappa shape index (κ2) is 6.85. The van der Waals surface area contributed by atoms with Gasteiger partial charge in [-0.25, -0.2) is 0 Å². The van der Waals surface area contributed by atoms with Gasteiger partial charge < -0.3 is 15.5 Å². The molecule has 1 unspecified atom stereocenters. The molecule has 0 spiro atoms. The first-order valence-corrected chi connectivity index (χ1v) is 7.31. The zero-order valence-corrected chi connectivity index (χ0v) is 12.6. The summed E-state index contributed by atoms with van der Waals surface area (Å²) in [6.45, 7) is 5.29. The summed E-state index contributed by atoms with van der Waals surface area (Å²) in [5, 5.41) is 21.3. The van der Waals surface area contributed by atoms with Crippen molar-refractivity contribution in [3.05, 3.63) is 20.8 Å². The fraction of sp³-hybridized carbons (Fsp3) is 0.667. The third-order valence-electron chi connectivity index (χ3n) is 2.77. The van der Waals surface area contributed by atoms with Gasteiger partial charge in [-0.3, -0.25) is 0 Å². The van der Waals surface area contributed by atoms with Crippen LogP contribution >= 0.6 is 27.3 Å². The molecule has 0 aliphatic carbocycles. The van der Waals surface area contributed by atoms with Crippen LogP contribution in [0.4, 0.5) is 0 Å². The Balaban J connectivity index is 2.54. The van der Waals surface area contributed by atoms with E-state index >= 15 is 0 Å². The lowest BCUT2D eigenvalue weighted by Crippen LogP contribution is -2.41. The molecule has 17 heavy (non-hydrogen) atoms. The monoisotopic (exact) mass is 321 g/mol. The van der Waals surface area contributed by atoms with E-state index in [1.165, 1.54) is 4.88 Å². The summed E-state index contributed by atoms with van der Waals surface area (Å²) in [5.41, 5.74) is 0.0273. The summed E-state index contributed by atoms with van der Waals surface area (Å²) >= 11 is 5.20. The molecule has 0 fully saturated rings. The summed E-state index contributed by atoms with van der Waals surface area (Å²) in [6.07, 6.45) is 0.584. The van der Waals surface area contributed by atoms with Crippen LogP contribution in [0.2, 0.25) is 0 Å². The van der Waals surface area contributed by atoms with Crippen LogP contribution in [-0.2, 0) is 5.41 Å². The van der Waals surface area contributed by atoms with Gasteiger partial charge in [0.2, 0.25) is 0 Å². The SMILES string of the molecule is CC(C)(CNC(CO)CCO)c1ccc(Br)s1. The van der Waals surface area contributed by atoms with E-state index in [4.69, 9.17) is 10.2 Å². The summed E-state index contributed by atoms with van der Waals surface area (Å²) < 4.78 is 1.13. The predicted molar refractivity (Wildman–Crippen MR) is 75.6 cm³/mol. The van der Waals surface area contributed by atoms with Gasteiger partial charge in [0, 0.05) is 29.5 Å². The number of thiophene rings is 1. The number of aliphatic hydroxyl groups excluding tert-OH is 2. The maximum absolute atomic E-state index is 9.15. The quantitative estimate of drug-likeness (QED) is 0.721. The molecule has 0 saturated heterocycles. The summed E-state index contributed by atoms with van der Waals surface area (Å²) in [6, 6.07) is 4.15. The van der Waals surface area contributed by atoms with Crippen LogP contribution < -0.4 is 5.32 Å². The number of nitrogens with one attached hydrogen (secondary N) is 1. The first kappa shape index (κ1) is 15.1. The smallest absolute Gasteiger partial charge is 0.0701 e. The van der Waals surface area contributed by atoms with E-state index in [1.807, 2.05) is 0 Å². The molecule has 1 atom stereocenters. The minimum atomic E-state index is -0.0253. The van der Waals surface area contributed by atoms with Gasteiger partial charge >= 0.3 is 0 Å². The summed E-state index contributed by atoms with van der Waals surface area (Å²) in [4.78, 5) is 1.30. The average molecular weight is 322 g/mol. The molecular formula is C12H20BrNO2S. The number of hydrogen-bond acceptors (Lipinski definition) is 4. The van der Waals surface area contributed by atoms with Gasteiger partial charge in [-0.1, -0.05) is 13.8 Å². The van der Waals surface area contributed by atoms with Crippen molar-refractivity contribution in [3.8, 4) is 0 Å². The van der Waals surface area contributed by atoms with E-state index < -0.39 is 0 Å². The molecule has 1 aromatic rings. The van der Waals surface area contributed by atoms with E-state index in [0.29, 0.717) is 6.42 Å². The molecule has 98 valence electrons. The topological polar surface area (TPSA) is 52.5 Å². The lowest BCUT2D eigenvalue weighted by molar-refractivity contribution is 0.196. The Morgan fingerprint density at radius 3 is 2.59 bits per heavy atom. The lowest BCUT2D eigenvalue weighted by Gasteiger charge is -2.26. The van der Waals surface area contributed by atoms with Crippen molar-refractivity contribution in [1.82, 2.24) is 5.32 Å². The maximum Gasteiger partial charge on any atom is 0.0701 e. The van der Waals surface area contributed by atoms with E-state index in [2.05, 4.69) is 47.2 Å². The molecule has 0 aliphatic heterocycles. The van der Waals surface area contributed by atoms with Gasteiger partial charge in [-0.05, 0) is 34.5 Å². The van der Waals surface area contributed by atoms with Gasteiger partial charge in [0.05, 0.1) is 10.4 Å². The van der Waals surface area contributed by atoms with Gasteiger partial charge in [0.1, 0.15) is 0 Å². The van der Waals surface area contributed by atoms with Crippen molar-refractivity contribution in [2.75, 3.05) is 19.8 Å². The van der Waals surface area contributed by atoms with Crippen molar-refractivity contribution in [2.45, 2.75) is 31.7 Å². The molecular weight excluding hydrogens is 302 g/mol. The number of rotatable bonds is 7. The highest BCUT2D eigenvalue weighted by atomic mass is 79.9. The Morgan fingerprint density at radius 1 is 1.41 bits per heavy atom. The van der Waals surface area contributed by atoms with Gasteiger partial charge in [0.25, 0.3) is 0 Å². The van der Waals surface area contributed by atoms with Crippen LogP contribution in [0.3, 0.4) is 0 Å². The van der Waals surface area contributed by atoms with Gasteiger partial charge in [-0.15, -0.1) is 11.3 Å². The number of halogens is 1. The number of aliphatic hydroxyl groups is 2. The largest absolute Gasteiger partial charge is 0.396 e. The normalized spacial score (nSPS) is 13.9. The number of hydrogen-bond donors (Lipinski definition) is 3. The van der Waals surface area contributed by atoms with E-state index in [0.717, 1.165) is 10.3 Å². The Hall–Kier alpha value is 0.0600. The van der Waals surface area contributed by atoms with E-state index in [-0.39, 0.29) is 24.7 Å². The molecule has 3 nitrogen and oxygen atoms in total. The first-order chi connectivity index (χ1) is 7.99. The third kappa shape index (κ3) is 4.67. The molecule has 5 heteroatoms. The molecule has 0 aliphatic rings. The second-order valence-corrected chi connectivity index (χ2v) is 7.22. The van der Waals surface area contributed by atoms with Crippen LogP contribution in [0, 0.1) is 0 Å². The second-order valence-electron chi connectivity index (χ2n) is 4.76. The van der Waals surface area contributed by atoms with Crippen LogP contribution in [0.1, 0.15) is 25.1 Å². The first-order valence-electron chi connectivity index (χ1n) is 5.70.